The van der Waals surface area contributed by atoms with Gasteiger partial charge in [0.2, 0.25) is 0 Å². The van der Waals surface area contributed by atoms with Crippen LogP contribution in [0.4, 0.5) is 10.5 Å². The van der Waals surface area contributed by atoms with E-state index in [9.17, 15) is 4.79 Å². The molecule has 2 heterocycles. The molecule has 2 aliphatic rings. The number of anilines is 1. The summed E-state index contributed by atoms with van der Waals surface area (Å²) in [5.74, 6) is 1.63. The number of urea groups is 1. The second-order valence-corrected chi connectivity index (χ2v) is 6.28. The van der Waals surface area contributed by atoms with E-state index in [2.05, 4.69) is 10.6 Å². The van der Waals surface area contributed by atoms with Crippen LogP contribution in [0.2, 0.25) is 5.02 Å². The second kappa shape index (κ2) is 6.24. The van der Waals surface area contributed by atoms with Crippen molar-refractivity contribution >= 4 is 23.3 Å². The van der Waals surface area contributed by atoms with Crippen LogP contribution in [0.15, 0.2) is 30.3 Å². The summed E-state index contributed by atoms with van der Waals surface area (Å²) in [6, 6.07) is 9.15. The van der Waals surface area contributed by atoms with Gasteiger partial charge >= 0.3 is 6.03 Å². The van der Waals surface area contributed by atoms with E-state index in [1.54, 1.807) is 12.1 Å². The molecular weight excluding hydrogens is 328 g/mol. The van der Waals surface area contributed by atoms with Crippen LogP contribution in [0.1, 0.15) is 16.7 Å². The highest BCUT2D eigenvalue weighted by molar-refractivity contribution is 6.30. The van der Waals surface area contributed by atoms with Gasteiger partial charge in [-0.25, -0.2) is 4.79 Å². The average Bonchev–Trinajstić information content (AvgIpc) is 3.23. The third kappa shape index (κ3) is 2.87. The Bertz CT molecular complexity index is 758. The van der Waals surface area contributed by atoms with Gasteiger partial charge in [-0.1, -0.05) is 23.7 Å². The predicted octanol–water partition coefficient (Wildman–Crippen LogP) is 3.53. The van der Waals surface area contributed by atoms with E-state index in [4.69, 9.17) is 21.1 Å². The number of rotatable bonds is 3. The molecule has 0 saturated carbocycles. The molecule has 2 aromatic rings. The molecule has 0 saturated heterocycles. The second-order valence-electron chi connectivity index (χ2n) is 5.85. The van der Waals surface area contributed by atoms with Crippen molar-refractivity contribution in [1.29, 1.82) is 0 Å². The maximum Gasteiger partial charge on any atom is 0.319 e. The summed E-state index contributed by atoms with van der Waals surface area (Å²) in [5.41, 5.74) is 3.82. The summed E-state index contributed by atoms with van der Waals surface area (Å²) in [7, 11) is 0. The number of halogens is 1. The fourth-order valence-corrected chi connectivity index (χ4v) is 3.19. The molecule has 0 spiro atoms. The minimum absolute atomic E-state index is 0.261. The topological polar surface area (TPSA) is 59.6 Å². The standard InChI is InChI=1S/C18H17ClN2O3/c19-13-3-1-11(2-4-13)10-20-18(22)21-16-14-6-8-23-15(14)9-12-5-7-24-17(12)16/h1-4,9H,5-8,10H2,(H2,20,21,22). The number of hydrogen-bond acceptors (Lipinski definition) is 3. The van der Waals surface area contributed by atoms with Crippen molar-refractivity contribution in [3.8, 4) is 11.5 Å². The first-order chi connectivity index (χ1) is 11.7. The Morgan fingerprint density at radius 1 is 1.12 bits per heavy atom. The van der Waals surface area contributed by atoms with Crippen molar-refractivity contribution in [2.24, 2.45) is 0 Å². The molecule has 24 heavy (non-hydrogen) atoms. The maximum absolute atomic E-state index is 12.3. The third-order valence-corrected chi connectivity index (χ3v) is 4.51. The van der Waals surface area contributed by atoms with Crippen LogP contribution in [0.25, 0.3) is 0 Å². The summed E-state index contributed by atoms with van der Waals surface area (Å²) in [6.45, 7) is 1.70. The van der Waals surface area contributed by atoms with Gasteiger partial charge in [0.05, 0.1) is 18.9 Å². The van der Waals surface area contributed by atoms with Crippen LogP contribution in [0, 0.1) is 0 Å². The van der Waals surface area contributed by atoms with E-state index in [-0.39, 0.29) is 6.03 Å². The first kappa shape index (κ1) is 15.1. The quantitative estimate of drug-likeness (QED) is 0.895. The van der Waals surface area contributed by atoms with E-state index in [0.717, 1.165) is 46.7 Å². The van der Waals surface area contributed by atoms with Crippen LogP contribution in [0.5, 0.6) is 11.5 Å². The zero-order chi connectivity index (χ0) is 16.5. The van der Waals surface area contributed by atoms with Gasteiger partial charge < -0.3 is 20.1 Å². The highest BCUT2D eigenvalue weighted by Gasteiger charge is 2.27. The lowest BCUT2D eigenvalue weighted by molar-refractivity contribution is 0.251. The molecular formula is C18H17ClN2O3. The van der Waals surface area contributed by atoms with E-state index in [0.29, 0.717) is 24.8 Å². The normalized spacial score (nSPS) is 14.4. The smallest absolute Gasteiger partial charge is 0.319 e. The summed E-state index contributed by atoms with van der Waals surface area (Å²) < 4.78 is 11.4. The van der Waals surface area contributed by atoms with Gasteiger partial charge in [0, 0.05) is 35.5 Å². The van der Waals surface area contributed by atoms with Crippen LogP contribution < -0.4 is 20.1 Å². The molecule has 2 aromatic carbocycles. The Kier molecular flexibility index (Phi) is 3.94. The third-order valence-electron chi connectivity index (χ3n) is 4.26. The van der Waals surface area contributed by atoms with Gasteiger partial charge in [-0.3, -0.25) is 0 Å². The van der Waals surface area contributed by atoms with Gasteiger partial charge in [-0.2, -0.15) is 0 Å². The van der Waals surface area contributed by atoms with E-state index in [1.807, 2.05) is 18.2 Å². The lowest BCUT2D eigenvalue weighted by Crippen LogP contribution is -2.28. The molecule has 6 heteroatoms. The van der Waals surface area contributed by atoms with Crippen LogP contribution >= 0.6 is 11.6 Å². The van der Waals surface area contributed by atoms with Gasteiger partial charge in [-0.05, 0) is 23.8 Å². The lowest BCUT2D eigenvalue weighted by atomic mass is 10.0. The van der Waals surface area contributed by atoms with Gasteiger partial charge in [-0.15, -0.1) is 0 Å². The average molecular weight is 345 g/mol. The van der Waals surface area contributed by atoms with Crippen molar-refractivity contribution in [2.45, 2.75) is 19.4 Å². The minimum atomic E-state index is -0.261. The fourth-order valence-electron chi connectivity index (χ4n) is 3.06. The van der Waals surface area contributed by atoms with Crippen LogP contribution in [-0.2, 0) is 19.4 Å². The Morgan fingerprint density at radius 2 is 1.92 bits per heavy atom. The number of hydrogen-bond donors (Lipinski definition) is 2. The highest BCUT2D eigenvalue weighted by Crippen LogP contribution is 2.44. The first-order valence-electron chi connectivity index (χ1n) is 7.94. The molecule has 0 atom stereocenters. The summed E-state index contributed by atoms with van der Waals surface area (Å²) in [4.78, 5) is 12.3. The van der Waals surface area contributed by atoms with Gasteiger partial charge in [0.1, 0.15) is 11.5 Å². The number of carbonyl (C=O) groups excluding carboxylic acids is 1. The van der Waals surface area contributed by atoms with Crippen molar-refractivity contribution in [3.05, 3.63) is 52.0 Å². The predicted molar refractivity (Wildman–Crippen MR) is 92.2 cm³/mol. The molecule has 0 aromatic heterocycles. The van der Waals surface area contributed by atoms with Gasteiger partial charge in [0.25, 0.3) is 0 Å². The minimum Gasteiger partial charge on any atom is -0.493 e. The van der Waals surface area contributed by atoms with E-state index in [1.165, 1.54) is 0 Å². The zero-order valence-corrected chi connectivity index (χ0v) is 13.8. The van der Waals surface area contributed by atoms with Crippen LogP contribution in [-0.4, -0.2) is 19.2 Å². The molecule has 124 valence electrons. The van der Waals surface area contributed by atoms with Crippen LogP contribution in [0.3, 0.4) is 0 Å². The molecule has 0 unspecified atom stereocenters. The van der Waals surface area contributed by atoms with Gasteiger partial charge in [0.15, 0.2) is 0 Å². The fraction of sp³-hybridized carbons (Fsp3) is 0.278. The Balaban J connectivity index is 1.49. The lowest BCUT2D eigenvalue weighted by Gasteiger charge is -2.14. The molecule has 2 N–H and O–H groups in total. The van der Waals surface area contributed by atoms with Crippen molar-refractivity contribution < 1.29 is 14.3 Å². The molecule has 4 rings (SSSR count). The number of nitrogens with one attached hydrogen (secondary N) is 2. The molecule has 2 amide bonds. The van der Waals surface area contributed by atoms with Crippen molar-refractivity contribution in [1.82, 2.24) is 5.32 Å². The molecule has 0 aliphatic carbocycles. The van der Waals surface area contributed by atoms with Crippen molar-refractivity contribution in [3.63, 3.8) is 0 Å². The van der Waals surface area contributed by atoms with E-state index >= 15 is 0 Å². The number of amides is 2. The Hall–Kier alpha value is -2.40. The first-order valence-corrected chi connectivity index (χ1v) is 8.32. The number of carbonyl (C=O) groups is 1. The Morgan fingerprint density at radius 3 is 2.75 bits per heavy atom. The summed E-state index contributed by atoms with van der Waals surface area (Å²) in [5, 5.41) is 6.48. The monoisotopic (exact) mass is 344 g/mol. The maximum atomic E-state index is 12.3. The summed E-state index contributed by atoms with van der Waals surface area (Å²) >= 11 is 5.86. The molecule has 2 aliphatic heterocycles. The zero-order valence-electron chi connectivity index (χ0n) is 13.0. The number of ether oxygens (including phenoxy) is 2. The summed E-state index contributed by atoms with van der Waals surface area (Å²) in [6.07, 6.45) is 1.62. The van der Waals surface area contributed by atoms with Crippen molar-refractivity contribution in [2.75, 3.05) is 18.5 Å². The molecule has 5 nitrogen and oxygen atoms in total. The molecule has 0 radical (unpaired) electrons. The SMILES string of the molecule is O=C(NCc1ccc(Cl)cc1)Nc1c2c(cc3c1OCC3)OCC2. The van der Waals surface area contributed by atoms with E-state index < -0.39 is 0 Å². The molecule has 0 bridgehead atoms. The molecule has 0 fully saturated rings. The number of benzene rings is 2. The number of fused-ring (bicyclic) bond motifs is 2. The largest absolute Gasteiger partial charge is 0.493 e. The Labute approximate surface area is 144 Å². The highest BCUT2D eigenvalue weighted by atomic mass is 35.5.